The number of amides is 1. The summed E-state index contributed by atoms with van der Waals surface area (Å²) in [5.41, 5.74) is -0.156. The van der Waals surface area contributed by atoms with Gasteiger partial charge in [0.25, 0.3) is 0 Å². The first-order valence-corrected chi connectivity index (χ1v) is 6.05. The van der Waals surface area contributed by atoms with Crippen molar-refractivity contribution in [2.75, 3.05) is 26.3 Å². The fourth-order valence-corrected chi connectivity index (χ4v) is 1.16. The van der Waals surface area contributed by atoms with Crippen molar-refractivity contribution in [2.45, 2.75) is 46.1 Å². The topological polar surface area (TPSA) is 50.4 Å². The van der Waals surface area contributed by atoms with Gasteiger partial charge in [-0.05, 0) is 27.2 Å². The number of hydrogen-bond donors (Lipinski definition) is 2. The number of rotatable bonds is 8. The van der Waals surface area contributed by atoms with Crippen LogP contribution >= 0.6 is 0 Å². The molecule has 0 spiro atoms. The van der Waals surface area contributed by atoms with Gasteiger partial charge in [0.2, 0.25) is 5.91 Å². The lowest BCUT2D eigenvalue weighted by molar-refractivity contribution is -0.121. The molecule has 0 bridgehead atoms. The highest BCUT2D eigenvalue weighted by atomic mass is 16.5. The van der Waals surface area contributed by atoms with Crippen LogP contribution in [0.2, 0.25) is 0 Å². The fraction of sp³-hybridized carbons (Fsp3) is 0.917. The first-order chi connectivity index (χ1) is 7.45. The summed E-state index contributed by atoms with van der Waals surface area (Å²) in [5.74, 6) is 0.0288. The molecule has 0 aromatic rings. The van der Waals surface area contributed by atoms with E-state index in [0.29, 0.717) is 13.2 Å². The normalized spacial score (nSPS) is 11.5. The van der Waals surface area contributed by atoms with Gasteiger partial charge in [-0.1, -0.05) is 13.3 Å². The van der Waals surface area contributed by atoms with Crippen LogP contribution in [-0.4, -0.2) is 37.7 Å². The number of hydrogen-bond acceptors (Lipinski definition) is 3. The Morgan fingerprint density at radius 1 is 1.25 bits per heavy atom. The zero-order valence-corrected chi connectivity index (χ0v) is 11.1. The molecule has 0 saturated heterocycles. The van der Waals surface area contributed by atoms with Crippen molar-refractivity contribution in [3.63, 3.8) is 0 Å². The Labute approximate surface area is 99.1 Å². The van der Waals surface area contributed by atoms with E-state index in [2.05, 4.69) is 17.6 Å². The lowest BCUT2D eigenvalue weighted by Gasteiger charge is -2.20. The molecule has 4 heteroatoms. The van der Waals surface area contributed by atoms with E-state index in [1.54, 1.807) is 0 Å². The summed E-state index contributed by atoms with van der Waals surface area (Å²) in [4.78, 5) is 11.4. The van der Waals surface area contributed by atoms with Gasteiger partial charge in [0.1, 0.15) is 0 Å². The third-order valence-corrected chi connectivity index (χ3v) is 1.87. The quantitative estimate of drug-likeness (QED) is 0.618. The second-order valence-electron chi connectivity index (χ2n) is 4.94. The van der Waals surface area contributed by atoms with Crippen molar-refractivity contribution in [3.05, 3.63) is 0 Å². The molecule has 0 atom stereocenters. The molecular formula is C12H26N2O2. The van der Waals surface area contributed by atoms with E-state index in [9.17, 15) is 4.79 Å². The number of ether oxygens (including phenoxy) is 1. The summed E-state index contributed by atoms with van der Waals surface area (Å²) >= 11 is 0. The third kappa shape index (κ3) is 11.5. The maximum atomic E-state index is 11.4. The van der Waals surface area contributed by atoms with E-state index in [-0.39, 0.29) is 11.4 Å². The van der Waals surface area contributed by atoms with Crippen LogP contribution < -0.4 is 10.6 Å². The van der Waals surface area contributed by atoms with Crippen molar-refractivity contribution >= 4 is 5.91 Å². The molecule has 0 rings (SSSR count). The summed E-state index contributed by atoms with van der Waals surface area (Å²) in [6, 6.07) is 0. The summed E-state index contributed by atoms with van der Waals surface area (Å²) in [6.07, 6.45) is 2.26. The Morgan fingerprint density at radius 3 is 2.50 bits per heavy atom. The minimum Gasteiger partial charge on any atom is -0.380 e. The Morgan fingerprint density at radius 2 is 1.94 bits per heavy atom. The van der Waals surface area contributed by atoms with Crippen LogP contribution in [0.25, 0.3) is 0 Å². The van der Waals surface area contributed by atoms with Crippen LogP contribution in [0.15, 0.2) is 0 Å². The van der Waals surface area contributed by atoms with Crippen molar-refractivity contribution < 1.29 is 9.53 Å². The summed E-state index contributed by atoms with van der Waals surface area (Å²) < 4.78 is 5.36. The predicted octanol–water partition coefficient (Wildman–Crippen LogP) is 1.31. The molecule has 0 aliphatic carbocycles. The maximum absolute atomic E-state index is 11.4. The minimum atomic E-state index is -0.156. The molecule has 1 amide bonds. The van der Waals surface area contributed by atoms with E-state index >= 15 is 0 Å². The van der Waals surface area contributed by atoms with Gasteiger partial charge in [-0.3, -0.25) is 4.79 Å². The number of nitrogens with one attached hydrogen (secondary N) is 2. The molecular weight excluding hydrogens is 204 g/mol. The molecule has 96 valence electrons. The maximum Gasteiger partial charge on any atom is 0.234 e. The van der Waals surface area contributed by atoms with Crippen molar-refractivity contribution in [3.8, 4) is 0 Å². The van der Waals surface area contributed by atoms with Crippen molar-refractivity contribution in [2.24, 2.45) is 0 Å². The number of carbonyl (C=O) groups is 1. The fourth-order valence-electron chi connectivity index (χ4n) is 1.16. The van der Waals surface area contributed by atoms with E-state index in [0.717, 1.165) is 26.0 Å². The van der Waals surface area contributed by atoms with Crippen LogP contribution in [0.1, 0.15) is 40.5 Å². The molecule has 0 fully saturated rings. The molecule has 4 nitrogen and oxygen atoms in total. The first kappa shape index (κ1) is 15.4. The Balaban J connectivity index is 3.28. The summed E-state index contributed by atoms with van der Waals surface area (Å²) in [5, 5.41) is 5.94. The first-order valence-electron chi connectivity index (χ1n) is 6.05. The van der Waals surface area contributed by atoms with Crippen molar-refractivity contribution in [1.82, 2.24) is 10.6 Å². The highest BCUT2D eigenvalue weighted by Gasteiger charge is 2.12. The zero-order valence-electron chi connectivity index (χ0n) is 11.1. The van der Waals surface area contributed by atoms with Gasteiger partial charge in [0.05, 0.1) is 13.2 Å². The van der Waals surface area contributed by atoms with Crippen LogP contribution in [0.4, 0.5) is 0 Å². The molecule has 0 heterocycles. The van der Waals surface area contributed by atoms with Gasteiger partial charge in [-0.2, -0.15) is 0 Å². The average Bonchev–Trinajstić information content (AvgIpc) is 2.13. The highest BCUT2D eigenvalue weighted by Crippen LogP contribution is 1.96. The van der Waals surface area contributed by atoms with E-state index in [1.807, 2.05) is 20.8 Å². The molecule has 0 aliphatic heterocycles. The van der Waals surface area contributed by atoms with Gasteiger partial charge < -0.3 is 15.4 Å². The van der Waals surface area contributed by atoms with Crippen molar-refractivity contribution in [1.29, 1.82) is 0 Å². The van der Waals surface area contributed by atoms with Crippen LogP contribution in [0.3, 0.4) is 0 Å². The SMILES string of the molecule is CCCCOCCNCC(=O)NC(C)(C)C. The van der Waals surface area contributed by atoms with Gasteiger partial charge in [0, 0.05) is 18.7 Å². The summed E-state index contributed by atoms with van der Waals surface area (Å²) in [6.45, 7) is 10.6. The van der Waals surface area contributed by atoms with Gasteiger partial charge in [-0.15, -0.1) is 0 Å². The zero-order chi connectivity index (χ0) is 12.4. The van der Waals surface area contributed by atoms with Gasteiger partial charge in [0.15, 0.2) is 0 Å². The second-order valence-corrected chi connectivity index (χ2v) is 4.94. The molecule has 0 aromatic carbocycles. The largest absolute Gasteiger partial charge is 0.380 e. The highest BCUT2D eigenvalue weighted by molar-refractivity contribution is 5.78. The molecule has 0 aromatic heterocycles. The van der Waals surface area contributed by atoms with E-state index in [4.69, 9.17) is 4.74 Å². The smallest absolute Gasteiger partial charge is 0.234 e. The lowest BCUT2D eigenvalue weighted by Crippen LogP contribution is -2.45. The molecule has 2 N–H and O–H groups in total. The summed E-state index contributed by atoms with van der Waals surface area (Å²) in [7, 11) is 0. The van der Waals surface area contributed by atoms with Crippen LogP contribution in [0, 0.1) is 0 Å². The minimum absolute atomic E-state index is 0.0288. The molecule has 16 heavy (non-hydrogen) atoms. The van der Waals surface area contributed by atoms with Crippen LogP contribution in [0.5, 0.6) is 0 Å². The Bertz CT molecular complexity index is 188. The molecule has 0 saturated carbocycles. The average molecular weight is 230 g/mol. The lowest BCUT2D eigenvalue weighted by atomic mass is 10.1. The van der Waals surface area contributed by atoms with Gasteiger partial charge in [-0.25, -0.2) is 0 Å². The number of unbranched alkanes of at least 4 members (excludes halogenated alkanes) is 1. The Hall–Kier alpha value is -0.610. The second kappa shape index (κ2) is 8.53. The van der Waals surface area contributed by atoms with Gasteiger partial charge >= 0.3 is 0 Å². The van der Waals surface area contributed by atoms with E-state index in [1.165, 1.54) is 0 Å². The predicted molar refractivity (Wildman–Crippen MR) is 66.5 cm³/mol. The third-order valence-electron chi connectivity index (χ3n) is 1.87. The Kier molecular flexibility index (Phi) is 8.21. The van der Waals surface area contributed by atoms with E-state index < -0.39 is 0 Å². The molecule has 0 aliphatic rings. The molecule has 0 radical (unpaired) electrons. The monoisotopic (exact) mass is 230 g/mol. The molecule has 0 unspecified atom stereocenters. The standard InChI is InChI=1S/C12H26N2O2/c1-5-6-8-16-9-7-13-10-11(15)14-12(2,3)4/h13H,5-10H2,1-4H3,(H,14,15). The number of carbonyl (C=O) groups excluding carboxylic acids is 1. The van der Waals surface area contributed by atoms with Crippen LogP contribution in [-0.2, 0) is 9.53 Å².